The number of carbonyl (C=O) groups excluding carboxylic acids is 1. The van der Waals surface area contributed by atoms with E-state index in [9.17, 15) is 4.79 Å². The van der Waals surface area contributed by atoms with E-state index in [4.69, 9.17) is 5.53 Å². The summed E-state index contributed by atoms with van der Waals surface area (Å²) < 4.78 is 4.65. The van der Waals surface area contributed by atoms with Gasteiger partial charge in [0.25, 0.3) is 0 Å². The van der Waals surface area contributed by atoms with Crippen LogP contribution >= 0.6 is 11.3 Å². The monoisotopic (exact) mass is 197 g/mol. The number of rotatable bonds is 3. The lowest BCUT2D eigenvalue weighted by Crippen LogP contribution is -2.19. The summed E-state index contributed by atoms with van der Waals surface area (Å²) in [5, 5.41) is 1.60. The zero-order chi connectivity index (χ0) is 9.68. The molecule has 1 aromatic heterocycles. The maximum Gasteiger partial charge on any atom is 0.425 e. The van der Waals surface area contributed by atoms with Gasteiger partial charge in [-0.1, -0.05) is 0 Å². The molecular weight excluding hydrogens is 190 g/mol. The first kappa shape index (κ1) is 9.57. The molecule has 0 amide bonds. The van der Waals surface area contributed by atoms with Gasteiger partial charge < -0.3 is 10.3 Å². The molecule has 0 aromatic carbocycles. The second-order valence-electron chi connectivity index (χ2n) is 2.04. The topological polar surface area (TPSA) is 75.6 Å². The molecule has 0 fully saturated rings. The van der Waals surface area contributed by atoms with E-state index < -0.39 is 5.97 Å². The van der Waals surface area contributed by atoms with Gasteiger partial charge in [0.2, 0.25) is 0 Å². The number of esters is 1. The van der Waals surface area contributed by atoms with Crippen molar-refractivity contribution in [3.05, 3.63) is 22.1 Å². The van der Waals surface area contributed by atoms with Gasteiger partial charge in [-0.15, -0.1) is 11.3 Å². The molecule has 0 saturated carbocycles. The third kappa shape index (κ3) is 2.21. The molecule has 0 spiro atoms. The molecule has 68 valence electrons. The van der Waals surface area contributed by atoms with Crippen molar-refractivity contribution in [2.24, 2.45) is 0 Å². The van der Waals surface area contributed by atoms with Crippen LogP contribution in [-0.4, -0.2) is 28.1 Å². The number of nitrogens with zero attached hydrogens (tertiary/aromatic N) is 3. The number of carbonyl (C=O) groups is 1. The standard InChI is InChI=1S/C7H7N3O2S/c1-2-12-7(11)6(10-8)5-3-13-4-9-5/h3-4H,2H2,1H3. The number of hydrogen-bond donors (Lipinski definition) is 0. The lowest BCUT2D eigenvalue weighted by Gasteiger charge is -1.93. The predicted octanol–water partition coefficient (Wildman–Crippen LogP) is 0.725. The maximum atomic E-state index is 11.1. The summed E-state index contributed by atoms with van der Waals surface area (Å²) in [6.45, 7) is 1.91. The minimum atomic E-state index is -0.670. The second-order valence-corrected chi connectivity index (χ2v) is 2.76. The third-order valence-electron chi connectivity index (χ3n) is 1.24. The van der Waals surface area contributed by atoms with E-state index in [1.807, 2.05) is 0 Å². The van der Waals surface area contributed by atoms with Crippen LogP contribution in [0.3, 0.4) is 0 Å². The molecule has 0 aliphatic heterocycles. The van der Waals surface area contributed by atoms with Crippen molar-refractivity contribution in [1.29, 1.82) is 0 Å². The van der Waals surface area contributed by atoms with Crippen molar-refractivity contribution < 1.29 is 14.3 Å². The Hall–Kier alpha value is -1.52. The fourth-order valence-corrected chi connectivity index (χ4v) is 1.26. The molecule has 0 radical (unpaired) electrons. The Bertz CT molecular complexity index is 341. The van der Waals surface area contributed by atoms with Gasteiger partial charge in [0.1, 0.15) is 0 Å². The molecule has 0 saturated heterocycles. The van der Waals surface area contributed by atoms with Crippen LogP contribution in [-0.2, 0) is 9.53 Å². The summed E-state index contributed by atoms with van der Waals surface area (Å²) in [5.74, 6) is -0.670. The van der Waals surface area contributed by atoms with Crippen LogP contribution in [0.4, 0.5) is 0 Å². The highest BCUT2D eigenvalue weighted by Crippen LogP contribution is 2.02. The summed E-state index contributed by atoms with van der Waals surface area (Å²) in [6.07, 6.45) is 0. The minimum absolute atomic E-state index is 0.164. The fourth-order valence-electron chi connectivity index (χ4n) is 0.726. The van der Waals surface area contributed by atoms with Crippen LogP contribution in [0.2, 0.25) is 0 Å². The van der Waals surface area contributed by atoms with Gasteiger partial charge in [0.05, 0.1) is 12.1 Å². The van der Waals surface area contributed by atoms with Crippen molar-refractivity contribution in [3.8, 4) is 0 Å². The first-order valence-corrected chi connectivity index (χ1v) is 4.51. The van der Waals surface area contributed by atoms with Gasteiger partial charge in [0.15, 0.2) is 5.69 Å². The van der Waals surface area contributed by atoms with E-state index in [2.05, 4.69) is 14.5 Å². The van der Waals surface area contributed by atoms with E-state index in [1.54, 1.807) is 17.8 Å². The number of hydrogen-bond acceptors (Lipinski definition) is 4. The smallest absolute Gasteiger partial charge is 0.425 e. The summed E-state index contributed by atoms with van der Waals surface area (Å²) >= 11 is 1.31. The molecule has 0 N–H and O–H groups in total. The lowest BCUT2D eigenvalue weighted by atomic mass is 10.3. The van der Waals surface area contributed by atoms with Crippen molar-refractivity contribution >= 4 is 23.0 Å². The first-order chi connectivity index (χ1) is 6.29. The first-order valence-electron chi connectivity index (χ1n) is 3.57. The Morgan fingerprint density at radius 3 is 3.08 bits per heavy atom. The Balaban J connectivity index is 2.88. The highest BCUT2D eigenvalue weighted by atomic mass is 32.1. The Kier molecular flexibility index (Phi) is 3.31. The fraction of sp³-hybridized carbons (Fsp3) is 0.286. The molecule has 1 rings (SSSR count). The highest BCUT2D eigenvalue weighted by Gasteiger charge is 2.25. The Morgan fingerprint density at radius 1 is 1.85 bits per heavy atom. The summed E-state index contributed by atoms with van der Waals surface area (Å²) in [6, 6.07) is 0. The van der Waals surface area contributed by atoms with Gasteiger partial charge in [0, 0.05) is 5.38 Å². The molecule has 0 atom stereocenters. The molecule has 0 unspecified atom stereocenters. The molecular formula is C7H7N3O2S. The van der Waals surface area contributed by atoms with Crippen LogP contribution in [0, 0.1) is 0 Å². The maximum absolute atomic E-state index is 11.1. The van der Waals surface area contributed by atoms with Crippen LogP contribution in [0.25, 0.3) is 5.53 Å². The number of aromatic nitrogens is 1. The van der Waals surface area contributed by atoms with Gasteiger partial charge in [-0.25, -0.2) is 9.78 Å². The lowest BCUT2D eigenvalue weighted by molar-refractivity contribution is -0.139. The van der Waals surface area contributed by atoms with Crippen LogP contribution in [0.15, 0.2) is 10.9 Å². The second kappa shape index (κ2) is 4.49. The van der Waals surface area contributed by atoms with Crippen LogP contribution in [0.1, 0.15) is 12.6 Å². The SMILES string of the molecule is CCOC(=O)C(=[N+]=[N-])c1cscn1. The molecule has 0 bridgehead atoms. The molecule has 0 aliphatic carbocycles. The Morgan fingerprint density at radius 2 is 2.62 bits per heavy atom. The van der Waals surface area contributed by atoms with Gasteiger partial charge in [-0.2, -0.15) is 4.79 Å². The molecule has 0 aliphatic rings. The summed E-state index contributed by atoms with van der Waals surface area (Å²) in [4.78, 5) is 17.8. The largest absolute Gasteiger partial charge is 0.457 e. The third-order valence-corrected chi connectivity index (χ3v) is 1.83. The van der Waals surface area contributed by atoms with E-state index in [0.29, 0.717) is 5.69 Å². The molecule has 1 heterocycles. The quantitative estimate of drug-likeness (QED) is 0.310. The van der Waals surface area contributed by atoms with E-state index in [-0.39, 0.29) is 12.3 Å². The average molecular weight is 197 g/mol. The number of thiazole rings is 1. The number of ether oxygens (including phenoxy) is 1. The van der Waals surface area contributed by atoms with Crippen molar-refractivity contribution in [3.63, 3.8) is 0 Å². The predicted molar refractivity (Wildman–Crippen MR) is 46.5 cm³/mol. The van der Waals surface area contributed by atoms with Crippen LogP contribution < -0.4 is 0 Å². The van der Waals surface area contributed by atoms with Gasteiger partial charge in [-0.3, -0.25) is 0 Å². The summed E-state index contributed by atoms with van der Waals surface area (Å²) in [7, 11) is 0. The molecule has 5 nitrogen and oxygen atoms in total. The highest BCUT2D eigenvalue weighted by molar-refractivity contribution is 7.07. The van der Waals surface area contributed by atoms with Crippen molar-refractivity contribution in [2.45, 2.75) is 6.92 Å². The average Bonchev–Trinajstić information content (AvgIpc) is 2.59. The van der Waals surface area contributed by atoms with E-state index in [1.165, 1.54) is 11.3 Å². The van der Waals surface area contributed by atoms with Crippen LogP contribution in [0.5, 0.6) is 0 Å². The zero-order valence-corrected chi connectivity index (χ0v) is 7.74. The van der Waals surface area contributed by atoms with Crippen molar-refractivity contribution in [1.82, 2.24) is 4.98 Å². The van der Waals surface area contributed by atoms with Gasteiger partial charge >= 0.3 is 11.7 Å². The molecule has 13 heavy (non-hydrogen) atoms. The molecule has 6 heteroatoms. The van der Waals surface area contributed by atoms with Gasteiger partial charge in [-0.05, 0) is 6.92 Å². The zero-order valence-electron chi connectivity index (χ0n) is 6.93. The Labute approximate surface area is 78.6 Å². The van der Waals surface area contributed by atoms with E-state index >= 15 is 0 Å². The normalized spacial score (nSPS) is 9.00. The minimum Gasteiger partial charge on any atom is -0.457 e. The summed E-state index contributed by atoms with van der Waals surface area (Å²) in [5.41, 5.74) is 10.2. The van der Waals surface area contributed by atoms with E-state index in [0.717, 1.165) is 0 Å². The molecule has 1 aromatic rings. The van der Waals surface area contributed by atoms with Crippen molar-refractivity contribution in [2.75, 3.05) is 6.61 Å².